The summed E-state index contributed by atoms with van der Waals surface area (Å²) in [4.78, 5) is 30.8. The van der Waals surface area contributed by atoms with Gasteiger partial charge in [0.2, 0.25) is 0 Å². The summed E-state index contributed by atoms with van der Waals surface area (Å²) < 4.78 is 6.34. The first-order valence-electron chi connectivity index (χ1n) is 15.4. The molecule has 3 aromatic carbocycles. The molecule has 1 atom stereocenters. The molecular weight excluding hydrogens is 538 g/mol. The van der Waals surface area contributed by atoms with Crippen molar-refractivity contribution in [3.8, 4) is 11.1 Å². The normalized spacial score (nSPS) is 21.4. The van der Waals surface area contributed by atoms with Crippen LogP contribution in [0.1, 0.15) is 80.4 Å². The molecule has 0 aromatic heterocycles. The average molecular weight is 582 g/mol. The smallest absolute Gasteiger partial charge is 0.305 e. The van der Waals surface area contributed by atoms with E-state index in [1.807, 2.05) is 24.3 Å². The van der Waals surface area contributed by atoms with Crippen molar-refractivity contribution < 1.29 is 19.4 Å². The van der Waals surface area contributed by atoms with Gasteiger partial charge in [0.25, 0.3) is 11.9 Å². The fraction of sp³-hybridized carbons (Fsp3) is 0.417. The van der Waals surface area contributed by atoms with Crippen LogP contribution in [0.4, 0.5) is 5.69 Å². The molecular formula is C36H43N3O4. The number of ether oxygens (including phenoxy) is 1. The van der Waals surface area contributed by atoms with E-state index in [0.29, 0.717) is 35.6 Å². The molecule has 226 valence electrons. The van der Waals surface area contributed by atoms with Crippen LogP contribution >= 0.6 is 0 Å². The lowest BCUT2D eigenvalue weighted by atomic mass is 9.71. The van der Waals surface area contributed by atoms with Crippen molar-refractivity contribution in [3.05, 3.63) is 89.5 Å². The van der Waals surface area contributed by atoms with Crippen molar-refractivity contribution in [2.45, 2.75) is 71.9 Å². The molecule has 5 rings (SSSR count). The van der Waals surface area contributed by atoms with Crippen molar-refractivity contribution in [2.24, 2.45) is 16.3 Å². The first-order valence-corrected chi connectivity index (χ1v) is 15.4. The molecule has 1 saturated carbocycles. The first kappa shape index (κ1) is 30.3. The highest BCUT2D eigenvalue weighted by Gasteiger charge is 2.40. The van der Waals surface area contributed by atoms with E-state index < -0.39 is 5.97 Å². The van der Waals surface area contributed by atoms with Gasteiger partial charge in [-0.2, -0.15) is 4.99 Å². The Bertz CT molecular complexity index is 1450. The van der Waals surface area contributed by atoms with Crippen molar-refractivity contribution in [1.82, 2.24) is 10.2 Å². The maximum atomic E-state index is 12.5. The lowest BCUT2D eigenvalue weighted by Crippen LogP contribution is -2.42. The standard InChI is InChI=1S/C36H43N3O4/c1-24-8-10-25(11-9-24)28-6-5-7-30(22-28)38-35-39(31-18-16-29(17-19-31)36(2,3)4)32(23-43-35)26-12-14-27(15-13-26)34(42)37-21-20-33(40)41/h5-15,22,29,31-32H,16-21,23H2,1-4H3,(H,37,42)(H,40,41). The molecule has 3 aromatic rings. The van der Waals surface area contributed by atoms with E-state index in [4.69, 9.17) is 14.8 Å². The fourth-order valence-electron chi connectivity index (χ4n) is 6.27. The molecule has 7 heteroatoms. The molecule has 43 heavy (non-hydrogen) atoms. The third-order valence-corrected chi connectivity index (χ3v) is 8.88. The number of carbonyl (C=O) groups excluding carboxylic acids is 1. The third-order valence-electron chi connectivity index (χ3n) is 8.88. The zero-order chi connectivity index (χ0) is 30.6. The van der Waals surface area contributed by atoms with Gasteiger partial charge in [0.05, 0.1) is 18.2 Å². The Hall–Kier alpha value is -4.13. The Labute approximate surface area is 255 Å². The number of aliphatic carboxylic acids is 1. The van der Waals surface area contributed by atoms with Gasteiger partial charge in [-0.25, -0.2) is 0 Å². The summed E-state index contributed by atoms with van der Waals surface area (Å²) in [6, 6.07) is 25.3. The van der Waals surface area contributed by atoms with Crippen LogP contribution in [0.5, 0.6) is 0 Å². The van der Waals surface area contributed by atoms with Gasteiger partial charge < -0.3 is 20.1 Å². The number of hydrogen-bond acceptors (Lipinski definition) is 4. The summed E-state index contributed by atoms with van der Waals surface area (Å²) in [6.45, 7) is 9.70. The second-order valence-corrected chi connectivity index (χ2v) is 12.9. The van der Waals surface area contributed by atoms with E-state index in [0.717, 1.165) is 35.2 Å². The Morgan fingerprint density at radius 2 is 1.65 bits per heavy atom. The monoisotopic (exact) mass is 581 g/mol. The van der Waals surface area contributed by atoms with E-state index in [1.54, 1.807) is 12.1 Å². The Morgan fingerprint density at radius 3 is 2.30 bits per heavy atom. The molecule has 2 N–H and O–H groups in total. The number of carboxylic acid groups (broad SMARTS) is 1. The number of nitrogens with one attached hydrogen (secondary N) is 1. The van der Waals surface area contributed by atoms with Crippen molar-refractivity contribution in [3.63, 3.8) is 0 Å². The van der Waals surface area contributed by atoms with Crippen LogP contribution in [0.3, 0.4) is 0 Å². The fourth-order valence-corrected chi connectivity index (χ4v) is 6.27. The van der Waals surface area contributed by atoms with E-state index in [1.165, 1.54) is 18.4 Å². The summed E-state index contributed by atoms with van der Waals surface area (Å²) in [6.07, 6.45) is 4.39. The predicted molar refractivity (Wildman–Crippen MR) is 170 cm³/mol. The maximum absolute atomic E-state index is 12.5. The highest BCUT2D eigenvalue weighted by molar-refractivity contribution is 5.94. The van der Waals surface area contributed by atoms with E-state index in [-0.39, 0.29) is 24.9 Å². The quantitative estimate of drug-likeness (QED) is 0.287. The minimum Gasteiger partial charge on any atom is -0.481 e. The lowest BCUT2D eigenvalue weighted by molar-refractivity contribution is -0.136. The number of aryl methyl sites for hydroxylation is 1. The zero-order valence-corrected chi connectivity index (χ0v) is 25.7. The summed E-state index contributed by atoms with van der Waals surface area (Å²) >= 11 is 0. The Morgan fingerprint density at radius 1 is 0.953 bits per heavy atom. The summed E-state index contributed by atoms with van der Waals surface area (Å²) in [5.41, 5.74) is 6.23. The van der Waals surface area contributed by atoms with Crippen molar-refractivity contribution in [1.29, 1.82) is 0 Å². The highest BCUT2D eigenvalue weighted by atomic mass is 16.5. The largest absolute Gasteiger partial charge is 0.481 e. The lowest BCUT2D eigenvalue weighted by Gasteiger charge is -2.41. The van der Waals surface area contributed by atoms with Gasteiger partial charge in [-0.3, -0.25) is 9.59 Å². The van der Waals surface area contributed by atoms with E-state index >= 15 is 0 Å². The molecule has 1 unspecified atom stereocenters. The van der Waals surface area contributed by atoms with Gasteiger partial charge in [-0.1, -0.05) is 74.9 Å². The van der Waals surface area contributed by atoms with Crippen LogP contribution in [-0.2, 0) is 9.53 Å². The highest BCUT2D eigenvalue weighted by Crippen LogP contribution is 2.42. The Kier molecular flexibility index (Phi) is 9.19. The van der Waals surface area contributed by atoms with Gasteiger partial charge in [0.1, 0.15) is 6.61 Å². The molecule has 1 aliphatic carbocycles. The molecule has 1 heterocycles. The van der Waals surface area contributed by atoms with Gasteiger partial charge in [0, 0.05) is 18.2 Å². The molecule has 1 amide bonds. The second-order valence-electron chi connectivity index (χ2n) is 12.9. The molecule has 1 saturated heterocycles. The molecule has 0 radical (unpaired) electrons. The number of carbonyl (C=O) groups is 2. The zero-order valence-electron chi connectivity index (χ0n) is 25.7. The van der Waals surface area contributed by atoms with Gasteiger partial charge in [-0.15, -0.1) is 0 Å². The minimum atomic E-state index is -0.937. The number of carboxylic acids is 1. The number of rotatable bonds is 8. The van der Waals surface area contributed by atoms with Crippen LogP contribution in [0, 0.1) is 18.3 Å². The molecule has 0 bridgehead atoms. The maximum Gasteiger partial charge on any atom is 0.305 e. The number of amidine groups is 1. The van der Waals surface area contributed by atoms with Crippen LogP contribution in [0.25, 0.3) is 11.1 Å². The van der Waals surface area contributed by atoms with E-state index in [2.05, 4.69) is 74.3 Å². The third kappa shape index (κ3) is 7.45. The second kappa shape index (κ2) is 13.0. The predicted octanol–water partition coefficient (Wildman–Crippen LogP) is 7.53. The van der Waals surface area contributed by atoms with E-state index in [9.17, 15) is 9.59 Å². The number of amides is 1. The van der Waals surface area contributed by atoms with Crippen LogP contribution in [0.2, 0.25) is 0 Å². The molecule has 0 spiro atoms. The van der Waals surface area contributed by atoms with Crippen LogP contribution < -0.4 is 5.32 Å². The van der Waals surface area contributed by atoms with Gasteiger partial charge in [-0.05, 0) is 84.9 Å². The average Bonchev–Trinajstić information content (AvgIpc) is 3.40. The molecule has 1 aliphatic heterocycles. The van der Waals surface area contributed by atoms with Gasteiger partial charge in [0.15, 0.2) is 0 Å². The van der Waals surface area contributed by atoms with Crippen LogP contribution in [0.15, 0.2) is 77.8 Å². The number of benzene rings is 3. The van der Waals surface area contributed by atoms with Crippen molar-refractivity contribution >= 4 is 23.6 Å². The summed E-state index contributed by atoms with van der Waals surface area (Å²) in [7, 11) is 0. The summed E-state index contributed by atoms with van der Waals surface area (Å²) in [5.74, 6) is -0.521. The first-order chi connectivity index (χ1) is 20.6. The molecule has 2 fully saturated rings. The number of hydrogen-bond donors (Lipinski definition) is 2. The van der Waals surface area contributed by atoms with Crippen molar-refractivity contribution in [2.75, 3.05) is 13.2 Å². The van der Waals surface area contributed by atoms with Crippen LogP contribution in [-0.4, -0.2) is 47.1 Å². The topological polar surface area (TPSA) is 91.2 Å². The summed E-state index contributed by atoms with van der Waals surface area (Å²) in [5, 5.41) is 11.5. The molecule has 7 nitrogen and oxygen atoms in total. The molecule has 2 aliphatic rings. The Balaban J connectivity index is 1.40. The minimum absolute atomic E-state index is 0.0145. The SMILES string of the molecule is Cc1ccc(-c2cccc(N=C3OCC(c4ccc(C(=O)NCCC(=O)O)cc4)N3C3CCC(C(C)(C)C)CC3)c2)cc1. The number of aliphatic imine (C=N–C) groups is 1. The van der Waals surface area contributed by atoms with Gasteiger partial charge >= 0.3 is 5.97 Å². The number of nitrogens with zero attached hydrogens (tertiary/aromatic N) is 2.